The van der Waals surface area contributed by atoms with Crippen LogP contribution >= 0.6 is 0 Å². The summed E-state index contributed by atoms with van der Waals surface area (Å²) >= 11 is 0. The molecule has 7 nitrogen and oxygen atoms in total. The predicted octanol–water partition coefficient (Wildman–Crippen LogP) is 3.42. The number of hydrogen-bond donors (Lipinski definition) is 2. The molecule has 0 unspecified atom stereocenters. The highest BCUT2D eigenvalue weighted by molar-refractivity contribution is 5.97. The van der Waals surface area contributed by atoms with Gasteiger partial charge >= 0.3 is 5.97 Å². The first-order valence-electron chi connectivity index (χ1n) is 9.61. The molecule has 0 bridgehead atoms. The van der Waals surface area contributed by atoms with Crippen molar-refractivity contribution in [2.75, 3.05) is 19.0 Å². The van der Waals surface area contributed by atoms with E-state index in [1.807, 2.05) is 30.3 Å². The maximum atomic E-state index is 12.5. The van der Waals surface area contributed by atoms with Gasteiger partial charge in [0.15, 0.2) is 6.61 Å². The zero-order valence-corrected chi connectivity index (χ0v) is 17.0. The van der Waals surface area contributed by atoms with Crippen molar-refractivity contribution in [3.8, 4) is 5.75 Å². The molecular formula is C24H22N2O5. The van der Waals surface area contributed by atoms with Gasteiger partial charge in [-0.1, -0.05) is 36.4 Å². The molecule has 0 atom stereocenters. The Labute approximate surface area is 180 Å². The lowest BCUT2D eigenvalue weighted by Crippen LogP contribution is -2.22. The molecule has 158 valence electrons. The molecule has 0 aliphatic carbocycles. The van der Waals surface area contributed by atoms with Gasteiger partial charge in [0.1, 0.15) is 12.4 Å². The van der Waals surface area contributed by atoms with E-state index in [9.17, 15) is 14.4 Å². The summed E-state index contributed by atoms with van der Waals surface area (Å²) in [6, 6.07) is 22.5. The SMILES string of the molecule is CNC(=O)c1ccc(NC(=O)COC(=O)c2ccccc2COc2ccccc2)cc1. The molecule has 3 aromatic rings. The molecule has 0 aromatic heterocycles. The van der Waals surface area contributed by atoms with Gasteiger partial charge in [-0.05, 0) is 42.5 Å². The van der Waals surface area contributed by atoms with Crippen molar-refractivity contribution in [2.24, 2.45) is 0 Å². The molecule has 31 heavy (non-hydrogen) atoms. The van der Waals surface area contributed by atoms with Gasteiger partial charge in [-0.25, -0.2) is 4.79 Å². The van der Waals surface area contributed by atoms with Gasteiger partial charge in [-0.3, -0.25) is 9.59 Å². The molecular weight excluding hydrogens is 396 g/mol. The van der Waals surface area contributed by atoms with Crippen LogP contribution < -0.4 is 15.4 Å². The van der Waals surface area contributed by atoms with E-state index in [1.54, 1.807) is 48.5 Å². The number of anilines is 1. The molecule has 0 saturated carbocycles. The number of esters is 1. The van der Waals surface area contributed by atoms with E-state index in [4.69, 9.17) is 9.47 Å². The fourth-order valence-electron chi connectivity index (χ4n) is 2.78. The summed E-state index contributed by atoms with van der Waals surface area (Å²) in [5, 5.41) is 5.14. The maximum Gasteiger partial charge on any atom is 0.339 e. The quantitative estimate of drug-likeness (QED) is 0.547. The van der Waals surface area contributed by atoms with Crippen molar-refractivity contribution in [1.82, 2.24) is 5.32 Å². The number of hydrogen-bond acceptors (Lipinski definition) is 5. The molecule has 0 aliphatic rings. The highest BCUT2D eigenvalue weighted by Gasteiger charge is 2.15. The normalized spacial score (nSPS) is 10.1. The zero-order valence-electron chi connectivity index (χ0n) is 17.0. The van der Waals surface area contributed by atoms with E-state index < -0.39 is 18.5 Å². The third-order valence-corrected chi connectivity index (χ3v) is 4.37. The molecule has 2 amide bonds. The lowest BCUT2D eigenvalue weighted by atomic mass is 10.1. The Morgan fingerprint density at radius 3 is 2.23 bits per heavy atom. The molecule has 0 fully saturated rings. The van der Waals surface area contributed by atoms with Gasteiger partial charge in [0.05, 0.1) is 5.56 Å². The average Bonchev–Trinajstić information content (AvgIpc) is 2.82. The van der Waals surface area contributed by atoms with Crippen molar-refractivity contribution < 1.29 is 23.9 Å². The molecule has 3 rings (SSSR count). The van der Waals surface area contributed by atoms with Crippen LogP contribution in [-0.2, 0) is 16.1 Å². The minimum Gasteiger partial charge on any atom is -0.489 e. The first-order chi connectivity index (χ1) is 15.1. The summed E-state index contributed by atoms with van der Waals surface area (Å²) in [5.41, 5.74) is 1.95. The summed E-state index contributed by atoms with van der Waals surface area (Å²) in [4.78, 5) is 36.2. The highest BCUT2D eigenvalue weighted by Crippen LogP contribution is 2.16. The van der Waals surface area contributed by atoms with Crippen LogP contribution in [0.4, 0.5) is 5.69 Å². The van der Waals surface area contributed by atoms with Crippen molar-refractivity contribution in [3.63, 3.8) is 0 Å². The summed E-state index contributed by atoms with van der Waals surface area (Å²) in [6.07, 6.45) is 0. The number of carbonyl (C=O) groups excluding carboxylic acids is 3. The van der Waals surface area contributed by atoms with Crippen molar-refractivity contribution in [3.05, 3.63) is 95.6 Å². The average molecular weight is 418 g/mol. The summed E-state index contributed by atoms with van der Waals surface area (Å²) in [6.45, 7) is -0.247. The van der Waals surface area contributed by atoms with Crippen LogP contribution in [0, 0.1) is 0 Å². The van der Waals surface area contributed by atoms with E-state index >= 15 is 0 Å². The number of nitrogens with one attached hydrogen (secondary N) is 2. The van der Waals surface area contributed by atoms with Crippen LogP contribution in [0.3, 0.4) is 0 Å². The monoisotopic (exact) mass is 418 g/mol. The number of amides is 2. The Morgan fingerprint density at radius 2 is 1.52 bits per heavy atom. The standard InChI is InChI=1S/C24H22N2O5/c1-25-23(28)17-11-13-19(14-12-17)26-22(27)16-31-24(29)21-10-6-5-7-18(21)15-30-20-8-3-2-4-9-20/h2-14H,15-16H2,1H3,(H,25,28)(H,26,27). The predicted molar refractivity (Wildman–Crippen MR) is 116 cm³/mol. The Morgan fingerprint density at radius 1 is 0.839 bits per heavy atom. The van der Waals surface area contributed by atoms with Gasteiger partial charge in [0, 0.05) is 23.9 Å². The van der Waals surface area contributed by atoms with Crippen LogP contribution in [0.5, 0.6) is 5.75 Å². The van der Waals surface area contributed by atoms with Gasteiger partial charge in [0.25, 0.3) is 11.8 Å². The van der Waals surface area contributed by atoms with E-state index in [2.05, 4.69) is 10.6 Å². The number of carbonyl (C=O) groups is 3. The molecule has 7 heteroatoms. The van der Waals surface area contributed by atoms with Crippen LogP contribution in [0.15, 0.2) is 78.9 Å². The van der Waals surface area contributed by atoms with Gasteiger partial charge in [-0.15, -0.1) is 0 Å². The lowest BCUT2D eigenvalue weighted by molar-refractivity contribution is -0.119. The summed E-state index contributed by atoms with van der Waals surface area (Å²) < 4.78 is 10.9. The first-order valence-corrected chi connectivity index (χ1v) is 9.61. The van der Waals surface area contributed by atoms with Gasteiger partial charge in [0.2, 0.25) is 0 Å². The minimum atomic E-state index is -0.614. The summed E-state index contributed by atoms with van der Waals surface area (Å²) in [5.74, 6) is -0.634. The van der Waals surface area contributed by atoms with Crippen molar-refractivity contribution in [1.29, 1.82) is 0 Å². The molecule has 0 saturated heterocycles. The first kappa shape index (κ1) is 21.6. The fourth-order valence-corrected chi connectivity index (χ4v) is 2.78. The Bertz CT molecular complexity index is 1050. The Balaban J connectivity index is 1.54. The Hall–Kier alpha value is -4.13. The Kier molecular flexibility index (Phi) is 7.37. The van der Waals surface area contributed by atoms with Gasteiger partial charge < -0.3 is 20.1 Å². The minimum absolute atomic E-state index is 0.194. The molecule has 0 radical (unpaired) electrons. The van der Waals surface area contributed by atoms with E-state index in [0.29, 0.717) is 28.1 Å². The highest BCUT2D eigenvalue weighted by atomic mass is 16.5. The topological polar surface area (TPSA) is 93.7 Å². The van der Waals surface area contributed by atoms with Crippen molar-refractivity contribution >= 4 is 23.5 Å². The molecule has 3 aromatic carbocycles. The molecule has 0 aliphatic heterocycles. The van der Waals surface area contributed by atoms with Crippen LogP contribution in [0.1, 0.15) is 26.3 Å². The summed E-state index contributed by atoms with van der Waals surface area (Å²) in [7, 11) is 1.54. The number of benzene rings is 3. The smallest absolute Gasteiger partial charge is 0.339 e. The second-order valence-corrected chi connectivity index (χ2v) is 6.54. The number of ether oxygens (including phenoxy) is 2. The maximum absolute atomic E-state index is 12.5. The van der Waals surface area contributed by atoms with E-state index in [-0.39, 0.29) is 12.5 Å². The van der Waals surface area contributed by atoms with Crippen LogP contribution in [-0.4, -0.2) is 31.4 Å². The zero-order chi connectivity index (χ0) is 22.1. The van der Waals surface area contributed by atoms with E-state index in [1.165, 1.54) is 7.05 Å². The molecule has 0 spiro atoms. The largest absolute Gasteiger partial charge is 0.489 e. The fraction of sp³-hybridized carbons (Fsp3) is 0.125. The van der Waals surface area contributed by atoms with E-state index in [0.717, 1.165) is 0 Å². The van der Waals surface area contributed by atoms with Crippen LogP contribution in [0.25, 0.3) is 0 Å². The molecule has 0 heterocycles. The third-order valence-electron chi connectivity index (χ3n) is 4.37. The number of para-hydroxylation sites is 1. The third kappa shape index (κ3) is 6.17. The molecule has 2 N–H and O–H groups in total. The second kappa shape index (κ2) is 10.6. The van der Waals surface area contributed by atoms with Crippen LogP contribution in [0.2, 0.25) is 0 Å². The lowest BCUT2D eigenvalue weighted by Gasteiger charge is -2.11. The second-order valence-electron chi connectivity index (χ2n) is 6.54. The van der Waals surface area contributed by atoms with Crippen molar-refractivity contribution in [2.45, 2.75) is 6.61 Å². The number of rotatable bonds is 8. The van der Waals surface area contributed by atoms with Gasteiger partial charge in [-0.2, -0.15) is 0 Å².